The van der Waals surface area contributed by atoms with Gasteiger partial charge in [0.2, 0.25) is 0 Å². The molecule has 3 N–H and O–H groups in total. The molecule has 0 amide bonds. The molecule has 2 aromatic rings. The molecule has 5 heteroatoms. The van der Waals surface area contributed by atoms with E-state index in [1.165, 1.54) is 0 Å². The highest BCUT2D eigenvalue weighted by Crippen LogP contribution is 2.14. The number of aromatic nitrogens is 1. The summed E-state index contributed by atoms with van der Waals surface area (Å²) in [5.74, 6) is 0.707. The van der Waals surface area contributed by atoms with Gasteiger partial charge < -0.3 is 15.5 Å². The second-order valence-corrected chi connectivity index (χ2v) is 4.14. The monoisotopic (exact) mass is 247 g/mol. The molecule has 2 heterocycles. The van der Waals surface area contributed by atoms with Gasteiger partial charge in [0.25, 0.3) is 0 Å². The Morgan fingerprint density at radius 2 is 2.29 bits per heavy atom. The van der Waals surface area contributed by atoms with Gasteiger partial charge in [0.1, 0.15) is 10.8 Å². The molecule has 0 atom stereocenters. The average Bonchev–Trinajstić information content (AvgIpc) is 2.78. The second kappa shape index (κ2) is 4.97. The standard InChI is InChI=1S/C12H13N3OS/c1-8-2-3-10(11(13)17)12(15-8)14-6-9-4-5-16-7-9/h2-5,7H,6H2,1H3,(H2,13,17)(H,14,15). The molecule has 0 saturated carbocycles. The zero-order valence-electron chi connectivity index (χ0n) is 9.43. The van der Waals surface area contributed by atoms with Gasteiger partial charge in [-0.3, -0.25) is 0 Å². The third-order valence-corrected chi connectivity index (χ3v) is 2.56. The highest BCUT2D eigenvalue weighted by atomic mass is 32.1. The van der Waals surface area contributed by atoms with Gasteiger partial charge in [-0.1, -0.05) is 12.2 Å². The quantitative estimate of drug-likeness (QED) is 0.811. The van der Waals surface area contributed by atoms with Gasteiger partial charge in [0, 0.05) is 17.8 Å². The van der Waals surface area contributed by atoms with E-state index in [2.05, 4.69) is 10.3 Å². The Morgan fingerprint density at radius 1 is 1.47 bits per heavy atom. The Labute approximate surface area is 105 Å². The molecular weight excluding hydrogens is 234 g/mol. The van der Waals surface area contributed by atoms with Gasteiger partial charge in [-0.05, 0) is 25.1 Å². The second-order valence-electron chi connectivity index (χ2n) is 3.70. The first-order valence-electron chi connectivity index (χ1n) is 5.19. The number of nitrogens with zero attached hydrogens (tertiary/aromatic N) is 1. The predicted molar refractivity (Wildman–Crippen MR) is 70.9 cm³/mol. The molecule has 2 aromatic heterocycles. The van der Waals surface area contributed by atoms with Gasteiger partial charge in [-0.2, -0.15) is 0 Å². The van der Waals surface area contributed by atoms with Crippen LogP contribution in [0.5, 0.6) is 0 Å². The van der Waals surface area contributed by atoms with E-state index in [4.69, 9.17) is 22.4 Å². The van der Waals surface area contributed by atoms with Gasteiger partial charge in [0.15, 0.2) is 0 Å². The Bertz CT molecular complexity index is 523. The lowest BCUT2D eigenvalue weighted by molar-refractivity contribution is 0.564. The van der Waals surface area contributed by atoms with Crippen molar-refractivity contribution in [1.82, 2.24) is 4.98 Å². The maximum absolute atomic E-state index is 5.65. The number of furan rings is 1. The lowest BCUT2D eigenvalue weighted by Gasteiger charge is -2.10. The normalized spacial score (nSPS) is 10.2. The molecule has 0 aliphatic carbocycles. The van der Waals surface area contributed by atoms with Crippen LogP contribution in [0.1, 0.15) is 16.8 Å². The van der Waals surface area contributed by atoms with E-state index in [-0.39, 0.29) is 0 Å². The third kappa shape index (κ3) is 2.82. The molecule has 0 unspecified atom stereocenters. The van der Waals surface area contributed by atoms with E-state index in [1.807, 2.05) is 25.1 Å². The molecule has 0 bridgehead atoms. The number of aryl methyl sites for hydroxylation is 1. The number of nitrogens with two attached hydrogens (primary N) is 1. The largest absolute Gasteiger partial charge is 0.472 e. The van der Waals surface area contributed by atoms with Crippen LogP contribution in [0.25, 0.3) is 0 Å². The number of hydrogen-bond donors (Lipinski definition) is 2. The zero-order valence-corrected chi connectivity index (χ0v) is 10.3. The third-order valence-electron chi connectivity index (χ3n) is 2.34. The summed E-state index contributed by atoms with van der Waals surface area (Å²) in [6, 6.07) is 5.66. The summed E-state index contributed by atoms with van der Waals surface area (Å²) in [6.45, 7) is 2.55. The van der Waals surface area contributed by atoms with E-state index in [9.17, 15) is 0 Å². The van der Waals surface area contributed by atoms with Crippen LogP contribution in [-0.4, -0.2) is 9.97 Å². The van der Waals surface area contributed by atoms with Crippen LogP contribution in [0.2, 0.25) is 0 Å². The van der Waals surface area contributed by atoms with Crippen molar-refractivity contribution in [2.45, 2.75) is 13.5 Å². The van der Waals surface area contributed by atoms with E-state index in [1.54, 1.807) is 12.5 Å². The maximum Gasteiger partial charge on any atom is 0.136 e. The van der Waals surface area contributed by atoms with Crippen molar-refractivity contribution in [3.05, 3.63) is 47.5 Å². The van der Waals surface area contributed by atoms with Crippen molar-refractivity contribution in [2.24, 2.45) is 5.73 Å². The minimum Gasteiger partial charge on any atom is -0.472 e. The Hall–Kier alpha value is -1.88. The Balaban J connectivity index is 2.19. The van der Waals surface area contributed by atoms with Gasteiger partial charge in [-0.25, -0.2) is 4.98 Å². The van der Waals surface area contributed by atoms with Crippen molar-refractivity contribution >= 4 is 23.0 Å². The predicted octanol–water partition coefficient (Wildman–Crippen LogP) is 2.23. The van der Waals surface area contributed by atoms with Crippen molar-refractivity contribution in [3.8, 4) is 0 Å². The summed E-state index contributed by atoms with van der Waals surface area (Å²) in [5.41, 5.74) is 8.37. The molecule has 0 fully saturated rings. The van der Waals surface area contributed by atoms with Crippen LogP contribution < -0.4 is 11.1 Å². The van der Waals surface area contributed by atoms with Crippen molar-refractivity contribution < 1.29 is 4.42 Å². The van der Waals surface area contributed by atoms with Crippen LogP contribution in [0.15, 0.2) is 35.1 Å². The molecule has 0 saturated heterocycles. The van der Waals surface area contributed by atoms with Crippen LogP contribution in [0.3, 0.4) is 0 Å². The van der Waals surface area contributed by atoms with Crippen LogP contribution in [0.4, 0.5) is 5.82 Å². The molecule has 0 aliphatic heterocycles. The number of pyridine rings is 1. The van der Waals surface area contributed by atoms with Gasteiger partial charge in [-0.15, -0.1) is 0 Å². The molecule has 0 radical (unpaired) electrons. The van der Waals surface area contributed by atoms with E-state index in [0.717, 1.165) is 16.8 Å². The number of thiocarbonyl (C=S) groups is 1. The summed E-state index contributed by atoms with van der Waals surface area (Å²) in [7, 11) is 0. The first-order valence-corrected chi connectivity index (χ1v) is 5.60. The highest BCUT2D eigenvalue weighted by Gasteiger charge is 2.07. The van der Waals surface area contributed by atoms with Gasteiger partial charge >= 0.3 is 0 Å². The molecule has 0 aromatic carbocycles. The smallest absolute Gasteiger partial charge is 0.136 e. The number of anilines is 1. The molecule has 88 valence electrons. The Morgan fingerprint density at radius 3 is 2.94 bits per heavy atom. The van der Waals surface area contributed by atoms with Crippen LogP contribution in [-0.2, 0) is 6.54 Å². The summed E-state index contributed by atoms with van der Waals surface area (Å²) < 4.78 is 4.99. The first-order chi connectivity index (χ1) is 8.16. The fraction of sp³-hybridized carbons (Fsp3) is 0.167. The van der Waals surface area contributed by atoms with Crippen molar-refractivity contribution in [3.63, 3.8) is 0 Å². The number of rotatable bonds is 4. The zero-order chi connectivity index (χ0) is 12.3. The first kappa shape index (κ1) is 11.6. The summed E-state index contributed by atoms with van der Waals surface area (Å²) in [4.78, 5) is 4.72. The molecule has 17 heavy (non-hydrogen) atoms. The molecule has 0 spiro atoms. The molecular formula is C12H13N3OS. The molecule has 2 rings (SSSR count). The van der Waals surface area contributed by atoms with E-state index >= 15 is 0 Å². The molecule has 4 nitrogen and oxygen atoms in total. The van der Waals surface area contributed by atoms with Crippen molar-refractivity contribution in [1.29, 1.82) is 0 Å². The fourth-order valence-corrected chi connectivity index (χ4v) is 1.63. The van der Waals surface area contributed by atoms with Gasteiger partial charge in [0.05, 0.1) is 18.1 Å². The lowest BCUT2D eigenvalue weighted by Crippen LogP contribution is -2.14. The molecule has 0 aliphatic rings. The number of nitrogens with one attached hydrogen (secondary N) is 1. The Kier molecular flexibility index (Phi) is 3.39. The summed E-state index contributed by atoms with van der Waals surface area (Å²) in [5, 5.41) is 3.20. The summed E-state index contributed by atoms with van der Waals surface area (Å²) in [6.07, 6.45) is 3.32. The lowest BCUT2D eigenvalue weighted by atomic mass is 10.2. The van der Waals surface area contributed by atoms with Crippen LogP contribution >= 0.6 is 12.2 Å². The average molecular weight is 247 g/mol. The van der Waals surface area contributed by atoms with E-state index < -0.39 is 0 Å². The minimum absolute atomic E-state index is 0.340. The SMILES string of the molecule is Cc1ccc(C(N)=S)c(NCc2ccoc2)n1. The van der Waals surface area contributed by atoms with Crippen molar-refractivity contribution in [2.75, 3.05) is 5.32 Å². The highest BCUT2D eigenvalue weighted by molar-refractivity contribution is 7.80. The number of hydrogen-bond acceptors (Lipinski definition) is 4. The minimum atomic E-state index is 0.340. The maximum atomic E-state index is 5.65. The van der Waals surface area contributed by atoms with Crippen LogP contribution in [0, 0.1) is 6.92 Å². The topological polar surface area (TPSA) is 64.1 Å². The summed E-state index contributed by atoms with van der Waals surface area (Å²) >= 11 is 4.99. The van der Waals surface area contributed by atoms with E-state index in [0.29, 0.717) is 17.4 Å². The fourth-order valence-electron chi connectivity index (χ4n) is 1.47.